The Morgan fingerprint density at radius 1 is 1.35 bits per heavy atom. The second kappa shape index (κ2) is 4.55. The average Bonchev–Trinajstić information content (AvgIpc) is 2.71. The maximum atomic E-state index is 11.8. The van der Waals surface area contributed by atoms with Gasteiger partial charge in [0.1, 0.15) is 17.3 Å². The van der Waals surface area contributed by atoms with Crippen LogP contribution in [0.3, 0.4) is 0 Å². The summed E-state index contributed by atoms with van der Waals surface area (Å²) in [4.78, 5) is 16.1. The van der Waals surface area contributed by atoms with E-state index in [1.165, 1.54) is 6.07 Å². The summed E-state index contributed by atoms with van der Waals surface area (Å²) >= 11 is 0. The van der Waals surface area contributed by atoms with Crippen LogP contribution in [0.5, 0.6) is 0 Å². The molecule has 0 aliphatic rings. The van der Waals surface area contributed by atoms with E-state index in [2.05, 4.69) is 4.98 Å². The molecule has 5 heteroatoms. The first-order valence-electron chi connectivity index (χ1n) is 5.43. The molecule has 90 valence electrons. The van der Waals surface area contributed by atoms with E-state index in [0.29, 0.717) is 30.4 Å². The van der Waals surface area contributed by atoms with Gasteiger partial charge in [-0.3, -0.25) is 9.36 Å². The fraction of sp³-hybridized carbons (Fsp3) is 0.333. The van der Waals surface area contributed by atoms with Crippen LogP contribution in [-0.4, -0.2) is 9.55 Å². The Kier molecular flexibility index (Phi) is 3.10. The molecule has 2 heterocycles. The number of hydrogen-bond acceptors (Lipinski definition) is 4. The quantitative estimate of drug-likeness (QED) is 0.856. The van der Waals surface area contributed by atoms with Gasteiger partial charge in [0.15, 0.2) is 0 Å². The Labute approximate surface area is 98.9 Å². The monoisotopic (exact) mass is 233 g/mol. The highest BCUT2D eigenvalue weighted by Crippen LogP contribution is 2.08. The molecule has 0 saturated heterocycles. The minimum atomic E-state index is -0.0688. The topological polar surface area (TPSA) is 74.0 Å². The molecule has 0 aromatic carbocycles. The first-order valence-corrected chi connectivity index (χ1v) is 5.43. The first kappa shape index (κ1) is 11.6. The van der Waals surface area contributed by atoms with E-state index in [1.807, 2.05) is 12.1 Å². The predicted octanol–water partition coefficient (Wildman–Crippen LogP) is 0.960. The fourth-order valence-corrected chi connectivity index (χ4v) is 1.73. The van der Waals surface area contributed by atoms with Gasteiger partial charge in [0.2, 0.25) is 0 Å². The van der Waals surface area contributed by atoms with Crippen LogP contribution in [0, 0.1) is 13.8 Å². The van der Waals surface area contributed by atoms with Gasteiger partial charge in [0.25, 0.3) is 5.56 Å². The molecule has 0 radical (unpaired) electrons. The highest BCUT2D eigenvalue weighted by atomic mass is 16.3. The smallest absolute Gasteiger partial charge is 0.254 e. The second-order valence-corrected chi connectivity index (χ2v) is 3.94. The van der Waals surface area contributed by atoms with Gasteiger partial charge in [-0.15, -0.1) is 0 Å². The molecular formula is C12H15N3O2. The van der Waals surface area contributed by atoms with Gasteiger partial charge in [-0.2, -0.15) is 0 Å². The van der Waals surface area contributed by atoms with Crippen molar-refractivity contribution in [2.75, 3.05) is 0 Å². The molecule has 0 atom stereocenters. The SMILES string of the molecule is Cc1cc(=O)n(Cc2ccc(CN)o2)c(C)n1. The molecule has 2 aromatic rings. The second-order valence-electron chi connectivity index (χ2n) is 3.94. The number of aromatic nitrogens is 2. The van der Waals surface area contributed by atoms with Crippen molar-refractivity contribution >= 4 is 0 Å². The molecule has 0 saturated carbocycles. The van der Waals surface area contributed by atoms with Crippen LogP contribution in [0.4, 0.5) is 0 Å². The maximum Gasteiger partial charge on any atom is 0.254 e. The summed E-state index contributed by atoms with van der Waals surface area (Å²) in [6, 6.07) is 5.16. The van der Waals surface area contributed by atoms with Crippen LogP contribution >= 0.6 is 0 Å². The summed E-state index contributed by atoms with van der Waals surface area (Å²) < 4.78 is 7.04. The van der Waals surface area contributed by atoms with Crippen molar-refractivity contribution in [3.05, 3.63) is 51.6 Å². The molecule has 0 aliphatic heterocycles. The molecule has 0 bridgehead atoms. The normalized spacial score (nSPS) is 10.8. The van der Waals surface area contributed by atoms with Crippen molar-refractivity contribution in [2.45, 2.75) is 26.9 Å². The number of nitrogens with two attached hydrogens (primary N) is 1. The number of aryl methyl sites for hydroxylation is 2. The predicted molar refractivity (Wildman–Crippen MR) is 63.7 cm³/mol. The maximum absolute atomic E-state index is 11.8. The highest BCUT2D eigenvalue weighted by Gasteiger charge is 2.06. The minimum Gasteiger partial charge on any atom is -0.463 e. The summed E-state index contributed by atoms with van der Waals surface area (Å²) in [7, 11) is 0. The summed E-state index contributed by atoms with van der Waals surface area (Å²) in [6.07, 6.45) is 0. The van der Waals surface area contributed by atoms with Gasteiger partial charge in [0.05, 0.1) is 13.1 Å². The van der Waals surface area contributed by atoms with E-state index in [1.54, 1.807) is 18.4 Å². The van der Waals surface area contributed by atoms with E-state index in [4.69, 9.17) is 10.2 Å². The van der Waals surface area contributed by atoms with Crippen molar-refractivity contribution < 1.29 is 4.42 Å². The van der Waals surface area contributed by atoms with E-state index in [9.17, 15) is 4.79 Å². The molecule has 2 aromatic heterocycles. The van der Waals surface area contributed by atoms with Gasteiger partial charge >= 0.3 is 0 Å². The third-order valence-corrected chi connectivity index (χ3v) is 2.56. The van der Waals surface area contributed by atoms with Gasteiger partial charge in [-0.1, -0.05) is 0 Å². The molecule has 2 rings (SSSR count). The van der Waals surface area contributed by atoms with Crippen molar-refractivity contribution in [3.8, 4) is 0 Å². The Bertz CT molecular complexity index is 584. The van der Waals surface area contributed by atoms with Crippen LogP contribution in [0.25, 0.3) is 0 Å². The number of furan rings is 1. The van der Waals surface area contributed by atoms with Crippen LogP contribution < -0.4 is 11.3 Å². The molecule has 5 nitrogen and oxygen atoms in total. The molecule has 17 heavy (non-hydrogen) atoms. The summed E-state index contributed by atoms with van der Waals surface area (Å²) in [5.74, 6) is 2.10. The molecule has 0 fully saturated rings. The molecule has 2 N–H and O–H groups in total. The van der Waals surface area contributed by atoms with E-state index >= 15 is 0 Å². The van der Waals surface area contributed by atoms with Crippen LogP contribution in [0.1, 0.15) is 23.0 Å². The lowest BCUT2D eigenvalue weighted by Crippen LogP contribution is -2.23. The highest BCUT2D eigenvalue weighted by molar-refractivity contribution is 5.09. The zero-order valence-corrected chi connectivity index (χ0v) is 9.93. The number of rotatable bonds is 3. The minimum absolute atomic E-state index is 0.0688. The molecule has 0 amide bonds. The van der Waals surface area contributed by atoms with Gasteiger partial charge in [-0.05, 0) is 26.0 Å². The van der Waals surface area contributed by atoms with E-state index < -0.39 is 0 Å². The standard InChI is InChI=1S/C12H15N3O2/c1-8-5-12(16)15(9(2)14-8)7-11-4-3-10(6-13)17-11/h3-5H,6-7,13H2,1-2H3. The molecule has 0 aliphatic carbocycles. The Balaban J connectivity index is 2.33. The summed E-state index contributed by atoms with van der Waals surface area (Å²) in [6.45, 7) is 4.36. The van der Waals surface area contributed by atoms with Crippen LogP contribution in [0.2, 0.25) is 0 Å². The zero-order valence-electron chi connectivity index (χ0n) is 9.93. The molecule has 0 unspecified atom stereocenters. The van der Waals surface area contributed by atoms with E-state index in [0.717, 1.165) is 5.69 Å². The largest absolute Gasteiger partial charge is 0.463 e. The lowest BCUT2D eigenvalue weighted by Gasteiger charge is -2.07. The van der Waals surface area contributed by atoms with Crippen LogP contribution in [0.15, 0.2) is 27.4 Å². The average molecular weight is 233 g/mol. The Morgan fingerprint density at radius 2 is 2.06 bits per heavy atom. The lowest BCUT2D eigenvalue weighted by molar-refractivity contribution is 0.448. The van der Waals surface area contributed by atoms with Crippen molar-refractivity contribution in [1.82, 2.24) is 9.55 Å². The lowest BCUT2D eigenvalue weighted by atomic mass is 10.4. The number of hydrogen-bond donors (Lipinski definition) is 1. The van der Waals surface area contributed by atoms with E-state index in [-0.39, 0.29) is 5.56 Å². The summed E-state index contributed by atoms with van der Waals surface area (Å²) in [5.41, 5.74) is 6.12. The first-order chi connectivity index (χ1) is 8.10. The van der Waals surface area contributed by atoms with Crippen molar-refractivity contribution in [2.24, 2.45) is 5.73 Å². The Morgan fingerprint density at radius 3 is 2.65 bits per heavy atom. The summed E-state index contributed by atoms with van der Waals surface area (Å²) in [5, 5.41) is 0. The van der Waals surface area contributed by atoms with Gasteiger partial charge in [-0.25, -0.2) is 4.98 Å². The van der Waals surface area contributed by atoms with Crippen molar-refractivity contribution in [1.29, 1.82) is 0 Å². The molecule has 0 spiro atoms. The molecular weight excluding hydrogens is 218 g/mol. The third-order valence-electron chi connectivity index (χ3n) is 2.56. The van der Waals surface area contributed by atoms with Crippen molar-refractivity contribution in [3.63, 3.8) is 0 Å². The number of nitrogens with zero attached hydrogens (tertiary/aromatic N) is 2. The Hall–Kier alpha value is -1.88. The fourth-order valence-electron chi connectivity index (χ4n) is 1.73. The van der Waals surface area contributed by atoms with Gasteiger partial charge in [0, 0.05) is 11.8 Å². The van der Waals surface area contributed by atoms with Crippen LogP contribution in [-0.2, 0) is 13.1 Å². The zero-order chi connectivity index (χ0) is 12.4. The third kappa shape index (κ3) is 2.45. The van der Waals surface area contributed by atoms with Gasteiger partial charge < -0.3 is 10.2 Å².